The molecular formula is C11H18F5NO2. The third-order valence-electron chi connectivity index (χ3n) is 2.88. The predicted molar refractivity (Wildman–Crippen MR) is 58.1 cm³/mol. The number of morpholine rings is 1. The van der Waals surface area contributed by atoms with E-state index in [1.807, 2.05) is 0 Å². The van der Waals surface area contributed by atoms with Crippen LogP contribution in [0.15, 0.2) is 0 Å². The van der Waals surface area contributed by atoms with E-state index in [-0.39, 0.29) is 6.54 Å². The number of hydrogen-bond donors (Lipinski definition) is 1. The zero-order valence-electron chi connectivity index (χ0n) is 10.4. The molecule has 0 saturated carbocycles. The summed E-state index contributed by atoms with van der Waals surface area (Å²) in [6, 6.07) is 0. The summed E-state index contributed by atoms with van der Waals surface area (Å²) in [4.78, 5) is 1.76. The van der Waals surface area contributed by atoms with Gasteiger partial charge in [0.05, 0.1) is 19.3 Å². The number of halogens is 5. The molecule has 1 N–H and O–H groups in total. The Kier molecular flexibility index (Phi) is 5.94. The van der Waals surface area contributed by atoms with Crippen molar-refractivity contribution in [3.05, 3.63) is 0 Å². The van der Waals surface area contributed by atoms with Crippen molar-refractivity contribution >= 4 is 0 Å². The molecule has 0 aromatic rings. The minimum absolute atomic E-state index is 0.0327. The third kappa shape index (κ3) is 7.64. The highest BCUT2D eigenvalue weighted by Gasteiger charge is 2.38. The second-order valence-electron chi connectivity index (χ2n) is 4.74. The first-order valence-electron chi connectivity index (χ1n) is 6.11. The number of β-amino-alcohol motifs (C(OH)–C–C–N with tert-alkyl or cyclic N) is 1. The molecule has 114 valence electrons. The summed E-state index contributed by atoms with van der Waals surface area (Å²) < 4.78 is 67.2. The van der Waals surface area contributed by atoms with Crippen LogP contribution in [0.3, 0.4) is 0 Å². The van der Waals surface area contributed by atoms with Gasteiger partial charge in [0.1, 0.15) is 0 Å². The fraction of sp³-hybridized carbons (Fsp3) is 1.00. The first kappa shape index (κ1) is 16.6. The molecule has 0 bridgehead atoms. The van der Waals surface area contributed by atoms with Crippen LogP contribution in [0.4, 0.5) is 22.0 Å². The lowest BCUT2D eigenvalue weighted by Gasteiger charge is -2.29. The van der Waals surface area contributed by atoms with Crippen LogP contribution in [-0.2, 0) is 4.74 Å². The zero-order chi connectivity index (χ0) is 14.5. The molecular weight excluding hydrogens is 273 g/mol. The van der Waals surface area contributed by atoms with Crippen molar-refractivity contribution in [1.82, 2.24) is 4.90 Å². The number of nitrogens with zero attached hydrogens (tertiary/aromatic N) is 1. The molecule has 0 radical (unpaired) electrons. The van der Waals surface area contributed by atoms with Gasteiger partial charge < -0.3 is 9.84 Å². The van der Waals surface area contributed by atoms with Crippen LogP contribution in [0, 0.1) is 0 Å². The first-order chi connectivity index (χ1) is 8.68. The van der Waals surface area contributed by atoms with E-state index in [0.717, 1.165) is 0 Å². The van der Waals surface area contributed by atoms with Crippen LogP contribution < -0.4 is 0 Å². The number of aliphatic hydroxyl groups excluding tert-OH is 1. The topological polar surface area (TPSA) is 32.7 Å². The normalized spacial score (nSPS) is 20.5. The third-order valence-corrected chi connectivity index (χ3v) is 2.88. The van der Waals surface area contributed by atoms with Gasteiger partial charge in [0, 0.05) is 38.9 Å². The predicted octanol–water partition coefficient (Wildman–Crippen LogP) is 2.05. The lowest BCUT2D eigenvalue weighted by molar-refractivity contribution is -0.156. The molecule has 1 aliphatic rings. The van der Waals surface area contributed by atoms with Gasteiger partial charge in [0.2, 0.25) is 0 Å². The molecule has 1 atom stereocenters. The Morgan fingerprint density at radius 2 is 1.63 bits per heavy atom. The summed E-state index contributed by atoms with van der Waals surface area (Å²) in [5.74, 6) is -3.50. The molecule has 0 amide bonds. The first-order valence-corrected chi connectivity index (χ1v) is 6.11. The monoisotopic (exact) mass is 291 g/mol. The zero-order valence-corrected chi connectivity index (χ0v) is 10.4. The summed E-state index contributed by atoms with van der Waals surface area (Å²) in [6.45, 7) is 2.04. The van der Waals surface area contributed by atoms with Gasteiger partial charge in [-0.15, -0.1) is 0 Å². The van der Waals surface area contributed by atoms with E-state index in [9.17, 15) is 27.1 Å². The highest BCUT2D eigenvalue weighted by atomic mass is 19.4. The molecule has 1 saturated heterocycles. The van der Waals surface area contributed by atoms with Crippen LogP contribution in [0.25, 0.3) is 0 Å². The molecule has 3 nitrogen and oxygen atoms in total. The molecule has 1 heterocycles. The average molecular weight is 291 g/mol. The van der Waals surface area contributed by atoms with E-state index in [2.05, 4.69) is 0 Å². The van der Waals surface area contributed by atoms with E-state index in [1.165, 1.54) is 0 Å². The van der Waals surface area contributed by atoms with Gasteiger partial charge in [0.15, 0.2) is 0 Å². The Bertz CT molecular complexity index is 266. The summed E-state index contributed by atoms with van der Waals surface area (Å²) >= 11 is 0. The van der Waals surface area contributed by atoms with Crippen molar-refractivity contribution in [3.63, 3.8) is 0 Å². The second kappa shape index (κ2) is 6.81. The fourth-order valence-corrected chi connectivity index (χ4v) is 1.92. The molecule has 1 unspecified atom stereocenters. The Morgan fingerprint density at radius 3 is 2.16 bits per heavy atom. The van der Waals surface area contributed by atoms with E-state index < -0.39 is 37.5 Å². The fourth-order valence-electron chi connectivity index (χ4n) is 1.92. The van der Waals surface area contributed by atoms with Gasteiger partial charge in [-0.2, -0.15) is 13.2 Å². The van der Waals surface area contributed by atoms with Crippen LogP contribution in [-0.4, -0.2) is 61.1 Å². The van der Waals surface area contributed by atoms with Gasteiger partial charge in [-0.3, -0.25) is 4.90 Å². The number of rotatable bonds is 6. The van der Waals surface area contributed by atoms with Crippen LogP contribution in [0.1, 0.15) is 19.3 Å². The van der Waals surface area contributed by atoms with E-state index in [0.29, 0.717) is 26.3 Å². The molecule has 1 rings (SSSR count). The average Bonchev–Trinajstić information content (AvgIpc) is 2.26. The van der Waals surface area contributed by atoms with E-state index in [1.54, 1.807) is 4.90 Å². The summed E-state index contributed by atoms with van der Waals surface area (Å²) in [5, 5.41) is 9.52. The minimum Gasteiger partial charge on any atom is -0.392 e. The van der Waals surface area contributed by atoms with Crippen molar-refractivity contribution in [2.45, 2.75) is 37.5 Å². The van der Waals surface area contributed by atoms with Gasteiger partial charge in [-0.05, 0) is 0 Å². The van der Waals surface area contributed by atoms with Crippen molar-refractivity contribution in [2.24, 2.45) is 0 Å². The van der Waals surface area contributed by atoms with Crippen molar-refractivity contribution in [2.75, 3.05) is 32.8 Å². The molecule has 1 fully saturated rings. The highest BCUT2D eigenvalue weighted by Crippen LogP contribution is 2.32. The van der Waals surface area contributed by atoms with E-state index in [4.69, 9.17) is 4.74 Å². The highest BCUT2D eigenvalue weighted by molar-refractivity contribution is 4.76. The molecule has 0 aromatic carbocycles. The Hall–Kier alpha value is -0.470. The Balaban J connectivity index is 2.30. The van der Waals surface area contributed by atoms with Crippen LogP contribution in [0.5, 0.6) is 0 Å². The molecule has 0 aliphatic carbocycles. The Labute approximate surface area is 108 Å². The van der Waals surface area contributed by atoms with Gasteiger partial charge in [-0.1, -0.05) is 0 Å². The maximum Gasteiger partial charge on any atom is 0.389 e. The lowest BCUT2D eigenvalue weighted by Crippen LogP contribution is -2.42. The summed E-state index contributed by atoms with van der Waals surface area (Å²) in [7, 11) is 0. The SMILES string of the molecule is OC(CN1CCOCC1)CC(F)(F)CCC(F)(F)F. The van der Waals surface area contributed by atoms with Crippen molar-refractivity contribution in [1.29, 1.82) is 0 Å². The van der Waals surface area contributed by atoms with Gasteiger partial charge in [0.25, 0.3) is 5.92 Å². The molecule has 8 heteroatoms. The van der Waals surface area contributed by atoms with E-state index >= 15 is 0 Å². The molecule has 19 heavy (non-hydrogen) atoms. The summed E-state index contributed by atoms with van der Waals surface area (Å²) in [5.41, 5.74) is 0. The van der Waals surface area contributed by atoms with Gasteiger partial charge in [-0.25, -0.2) is 8.78 Å². The number of hydrogen-bond acceptors (Lipinski definition) is 3. The van der Waals surface area contributed by atoms with Crippen LogP contribution >= 0.6 is 0 Å². The number of aliphatic hydroxyl groups is 1. The lowest BCUT2D eigenvalue weighted by atomic mass is 10.1. The second-order valence-corrected chi connectivity index (χ2v) is 4.74. The molecule has 1 aliphatic heterocycles. The minimum atomic E-state index is -4.60. The Morgan fingerprint density at radius 1 is 1.05 bits per heavy atom. The largest absolute Gasteiger partial charge is 0.392 e. The van der Waals surface area contributed by atoms with Gasteiger partial charge >= 0.3 is 6.18 Å². The van der Waals surface area contributed by atoms with Crippen LogP contribution in [0.2, 0.25) is 0 Å². The van der Waals surface area contributed by atoms with Crippen molar-refractivity contribution in [3.8, 4) is 0 Å². The maximum atomic E-state index is 13.3. The number of ether oxygens (including phenoxy) is 1. The smallest absolute Gasteiger partial charge is 0.389 e. The van der Waals surface area contributed by atoms with Crippen molar-refractivity contribution < 1.29 is 31.8 Å². The number of alkyl halides is 5. The molecule has 0 spiro atoms. The molecule has 0 aromatic heterocycles. The standard InChI is InChI=1S/C11H18F5NO2/c12-10(13,1-2-11(14,15)16)7-9(18)8-17-3-5-19-6-4-17/h9,18H,1-8H2. The summed E-state index contributed by atoms with van der Waals surface area (Å²) in [6.07, 6.45) is -9.69. The quantitative estimate of drug-likeness (QED) is 0.760. The maximum absolute atomic E-state index is 13.3.